The second-order valence-electron chi connectivity index (χ2n) is 3.91. The number of rotatable bonds is 3. The first kappa shape index (κ1) is 11.0. The SMILES string of the molecule is CC(C)Nc1cc(Cl)ccc1-n1cccn1. The van der Waals surface area contributed by atoms with Crippen LogP contribution in [0.5, 0.6) is 0 Å². The monoisotopic (exact) mass is 235 g/mol. The molecule has 1 heterocycles. The van der Waals surface area contributed by atoms with Gasteiger partial charge in [-0.2, -0.15) is 5.10 Å². The molecule has 1 N–H and O–H groups in total. The summed E-state index contributed by atoms with van der Waals surface area (Å²) < 4.78 is 1.82. The van der Waals surface area contributed by atoms with Gasteiger partial charge in [0.2, 0.25) is 0 Å². The van der Waals surface area contributed by atoms with Crippen molar-refractivity contribution in [2.24, 2.45) is 0 Å². The molecule has 1 aromatic carbocycles. The van der Waals surface area contributed by atoms with Gasteiger partial charge >= 0.3 is 0 Å². The number of hydrogen-bond acceptors (Lipinski definition) is 2. The fourth-order valence-electron chi connectivity index (χ4n) is 1.55. The van der Waals surface area contributed by atoms with Gasteiger partial charge in [-0.3, -0.25) is 0 Å². The fourth-order valence-corrected chi connectivity index (χ4v) is 1.72. The lowest BCUT2D eigenvalue weighted by molar-refractivity contribution is 0.860. The number of halogens is 1. The summed E-state index contributed by atoms with van der Waals surface area (Å²) >= 11 is 5.99. The lowest BCUT2D eigenvalue weighted by Gasteiger charge is -2.15. The molecular formula is C12H14ClN3. The maximum absolute atomic E-state index is 5.99. The van der Waals surface area contributed by atoms with Crippen LogP contribution < -0.4 is 5.32 Å². The quantitative estimate of drug-likeness (QED) is 0.884. The minimum Gasteiger partial charge on any atom is -0.381 e. The highest BCUT2D eigenvalue weighted by Crippen LogP contribution is 2.24. The van der Waals surface area contributed by atoms with E-state index in [0.29, 0.717) is 6.04 Å². The summed E-state index contributed by atoms with van der Waals surface area (Å²) in [6.07, 6.45) is 3.67. The Hall–Kier alpha value is -1.48. The van der Waals surface area contributed by atoms with Crippen LogP contribution in [0, 0.1) is 0 Å². The Balaban J connectivity index is 2.44. The molecule has 0 amide bonds. The summed E-state index contributed by atoms with van der Waals surface area (Å²) in [5, 5.41) is 8.30. The molecule has 4 heteroatoms. The predicted octanol–water partition coefficient (Wildman–Crippen LogP) is 3.35. The van der Waals surface area contributed by atoms with Gasteiger partial charge in [0.15, 0.2) is 0 Å². The molecule has 0 unspecified atom stereocenters. The van der Waals surface area contributed by atoms with E-state index >= 15 is 0 Å². The van der Waals surface area contributed by atoms with Gasteiger partial charge in [-0.1, -0.05) is 11.6 Å². The van der Waals surface area contributed by atoms with E-state index in [-0.39, 0.29) is 0 Å². The van der Waals surface area contributed by atoms with Crippen molar-refractivity contribution in [2.75, 3.05) is 5.32 Å². The van der Waals surface area contributed by atoms with E-state index in [9.17, 15) is 0 Å². The van der Waals surface area contributed by atoms with E-state index in [1.807, 2.05) is 35.1 Å². The van der Waals surface area contributed by atoms with Crippen molar-refractivity contribution < 1.29 is 0 Å². The van der Waals surface area contributed by atoms with Crippen LogP contribution in [0.2, 0.25) is 5.02 Å². The minimum atomic E-state index is 0.354. The average Bonchev–Trinajstić information content (AvgIpc) is 2.69. The normalized spacial score (nSPS) is 10.8. The van der Waals surface area contributed by atoms with Crippen LogP contribution in [-0.2, 0) is 0 Å². The van der Waals surface area contributed by atoms with E-state index in [2.05, 4.69) is 24.3 Å². The van der Waals surface area contributed by atoms with Gasteiger partial charge in [-0.15, -0.1) is 0 Å². The first-order valence-corrected chi connectivity index (χ1v) is 5.61. The average molecular weight is 236 g/mol. The topological polar surface area (TPSA) is 29.9 Å². The van der Waals surface area contributed by atoms with Crippen LogP contribution in [-0.4, -0.2) is 15.8 Å². The van der Waals surface area contributed by atoms with Crippen molar-refractivity contribution in [3.63, 3.8) is 0 Å². The highest BCUT2D eigenvalue weighted by molar-refractivity contribution is 6.31. The summed E-state index contributed by atoms with van der Waals surface area (Å²) in [6.45, 7) is 4.18. The van der Waals surface area contributed by atoms with Crippen molar-refractivity contribution in [3.8, 4) is 5.69 Å². The maximum Gasteiger partial charge on any atom is 0.0877 e. The molecule has 84 valence electrons. The zero-order valence-electron chi connectivity index (χ0n) is 9.31. The molecule has 1 aromatic heterocycles. The van der Waals surface area contributed by atoms with E-state index in [1.165, 1.54) is 0 Å². The van der Waals surface area contributed by atoms with Crippen molar-refractivity contribution in [3.05, 3.63) is 41.7 Å². The maximum atomic E-state index is 5.99. The van der Waals surface area contributed by atoms with Crippen LogP contribution in [0.15, 0.2) is 36.7 Å². The zero-order valence-corrected chi connectivity index (χ0v) is 10.1. The Bertz CT molecular complexity index is 463. The van der Waals surface area contributed by atoms with Crippen molar-refractivity contribution in [1.29, 1.82) is 0 Å². The van der Waals surface area contributed by atoms with Crippen LogP contribution in [0.4, 0.5) is 5.69 Å². The summed E-state index contributed by atoms with van der Waals surface area (Å²) in [5.74, 6) is 0. The Morgan fingerprint density at radius 1 is 1.38 bits per heavy atom. The molecule has 0 aliphatic carbocycles. The third-order valence-electron chi connectivity index (χ3n) is 2.15. The van der Waals surface area contributed by atoms with Crippen molar-refractivity contribution >= 4 is 17.3 Å². The smallest absolute Gasteiger partial charge is 0.0877 e. The molecule has 0 fully saturated rings. The third kappa shape index (κ3) is 2.36. The zero-order chi connectivity index (χ0) is 11.5. The van der Waals surface area contributed by atoms with Crippen LogP contribution >= 0.6 is 11.6 Å². The standard InChI is InChI=1S/C12H14ClN3/c1-9(2)15-11-8-10(13)4-5-12(11)16-7-3-6-14-16/h3-9,15H,1-2H3. The minimum absolute atomic E-state index is 0.354. The Morgan fingerprint density at radius 2 is 2.19 bits per heavy atom. The lowest BCUT2D eigenvalue weighted by atomic mass is 10.2. The second kappa shape index (κ2) is 4.58. The summed E-state index contributed by atoms with van der Waals surface area (Å²) in [4.78, 5) is 0. The fraction of sp³-hybridized carbons (Fsp3) is 0.250. The number of hydrogen-bond donors (Lipinski definition) is 1. The Kier molecular flexibility index (Phi) is 3.15. The molecule has 2 rings (SSSR count). The number of nitrogens with zero attached hydrogens (tertiary/aromatic N) is 2. The molecular weight excluding hydrogens is 222 g/mol. The largest absolute Gasteiger partial charge is 0.381 e. The Labute approximate surface area is 100 Å². The first-order valence-electron chi connectivity index (χ1n) is 5.23. The molecule has 0 saturated carbocycles. The number of aromatic nitrogens is 2. The summed E-state index contributed by atoms with van der Waals surface area (Å²) in [5.41, 5.74) is 1.99. The molecule has 3 nitrogen and oxygen atoms in total. The highest BCUT2D eigenvalue weighted by atomic mass is 35.5. The second-order valence-corrected chi connectivity index (χ2v) is 4.35. The number of benzene rings is 1. The molecule has 0 bridgehead atoms. The third-order valence-corrected chi connectivity index (χ3v) is 2.39. The molecule has 0 atom stereocenters. The van der Waals surface area contributed by atoms with Crippen LogP contribution in [0.1, 0.15) is 13.8 Å². The van der Waals surface area contributed by atoms with E-state index < -0.39 is 0 Å². The number of nitrogens with one attached hydrogen (secondary N) is 1. The molecule has 0 aliphatic heterocycles. The van der Waals surface area contributed by atoms with E-state index in [4.69, 9.17) is 11.6 Å². The molecule has 16 heavy (non-hydrogen) atoms. The Morgan fingerprint density at radius 3 is 2.81 bits per heavy atom. The highest BCUT2D eigenvalue weighted by Gasteiger charge is 2.06. The summed E-state index contributed by atoms with van der Waals surface area (Å²) in [7, 11) is 0. The molecule has 0 saturated heterocycles. The van der Waals surface area contributed by atoms with Gasteiger partial charge in [-0.25, -0.2) is 4.68 Å². The van der Waals surface area contributed by atoms with Crippen LogP contribution in [0.3, 0.4) is 0 Å². The molecule has 2 aromatic rings. The van der Waals surface area contributed by atoms with Gasteiger partial charge in [0.25, 0.3) is 0 Å². The summed E-state index contributed by atoms with van der Waals surface area (Å²) in [6, 6.07) is 7.99. The van der Waals surface area contributed by atoms with Gasteiger partial charge < -0.3 is 5.32 Å². The molecule has 0 spiro atoms. The lowest BCUT2D eigenvalue weighted by Crippen LogP contribution is -2.12. The predicted molar refractivity (Wildman–Crippen MR) is 67.3 cm³/mol. The van der Waals surface area contributed by atoms with Crippen molar-refractivity contribution in [2.45, 2.75) is 19.9 Å². The first-order chi connectivity index (χ1) is 7.66. The van der Waals surface area contributed by atoms with E-state index in [1.54, 1.807) is 6.20 Å². The van der Waals surface area contributed by atoms with E-state index in [0.717, 1.165) is 16.4 Å². The molecule has 0 aliphatic rings. The van der Waals surface area contributed by atoms with Gasteiger partial charge in [-0.05, 0) is 38.1 Å². The molecule has 0 radical (unpaired) electrons. The van der Waals surface area contributed by atoms with Crippen molar-refractivity contribution in [1.82, 2.24) is 9.78 Å². The van der Waals surface area contributed by atoms with Gasteiger partial charge in [0, 0.05) is 23.5 Å². The van der Waals surface area contributed by atoms with Gasteiger partial charge in [0.05, 0.1) is 11.4 Å². The number of anilines is 1. The van der Waals surface area contributed by atoms with Gasteiger partial charge in [0.1, 0.15) is 0 Å². The van der Waals surface area contributed by atoms with Crippen LogP contribution in [0.25, 0.3) is 5.69 Å².